The fourth-order valence-corrected chi connectivity index (χ4v) is 11.3. The molecule has 0 radical (unpaired) electrons. The van der Waals surface area contributed by atoms with Gasteiger partial charge in [-0.3, -0.25) is 0 Å². The maximum absolute atomic E-state index is 2.50. The zero-order valence-electron chi connectivity index (χ0n) is 36.1. The number of para-hydroxylation sites is 2. The average Bonchev–Trinajstić information content (AvgIpc) is 3.82. The second-order valence-electron chi connectivity index (χ2n) is 17.3. The van der Waals surface area contributed by atoms with Gasteiger partial charge in [-0.05, 0) is 128 Å². The summed E-state index contributed by atoms with van der Waals surface area (Å²) < 4.78 is 0. The first kappa shape index (κ1) is 38.7. The minimum absolute atomic E-state index is 0.112. The van der Waals surface area contributed by atoms with Crippen molar-refractivity contribution in [2.75, 3.05) is 4.90 Å². The van der Waals surface area contributed by atoms with Crippen LogP contribution in [0.1, 0.15) is 89.6 Å². The maximum Gasteiger partial charge on any atom is 0.0713 e. The van der Waals surface area contributed by atoms with Crippen molar-refractivity contribution < 1.29 is 0 Å². The molecule has 0 aliphatic heterocycles. The molecule has 1 nitrogen and oxygen atoms in total. The zero-order chi connectivity index (χ0) is 42.4. The molecule has 1 heteroatoms. The van der Waals surface area contributed by atoms with E-state index in [-0.39, 0.29) is 5.41 Å². The van der Waals surface area contributed by atoms with Gasteiger partial charge in [-0.1, -0.05) is 208 Å². The summed E-state index contributed by atoms with van der Waals surface area (Å²) in [5.41, 5.74) is 21.4. The third-order valence-electron chi connectivity index (χ3n) is 14.3. The van der Waals surface area contributed by atoms with Gasteiger partial charge in [0.1, 0.15) is 0 Å². The van der Waals surface area contributed by atoms with Crippen molar-refractivity contribution in [2.45, 2.75) is 50.4 Å². The van der Waals surface area contributed by atoms with E-state index < -0.39 is 5.41 Å². The fourth-order valence-electron chi connectivity index (χ4n) is 11.3. The van der Waals surface area contributed by atoms with Crippen molar-refractivity contribution in [3.8, 4) is 22.3 Å². The summed E-state index contributed by atoms with van der Waals surface area (Å²) in [6, 6.07) is 72.3. The molecular formula is C62H51N. The molecule has 0 amide bonds. The molecule has 8 aromatic carbocycles. The number of hydrogen-bond acceptors (Lipinski definition) is 1. The van der Waals surface area contributed by atoms with Crippen LogP contribution in [0.25, 0.3) is 40.0 Å². The van der Waals surface area contributed by atoms with E-state index in [2.05, 4.69) is 243 Å². The van der Waals surface area contributed by atoms with E-state index in [1.54, 1.807) is 0 Å². The second-order valence-corrected chi connectivity index (χ2v) is 17.3. The molecule has 0 N–H and O–H groups in total. The molecule has 0 bridgehead atoms. The molecule has 304 valence electrons. The predicted molar refractivity (Wildman–Crippen MR) is 267 cm³/mol. The van der Waals surface area contributed by atoms with Gasteiger partial charge in [-0.2, -0.15) is 0 Å². The molecule has 0 fully saturated rings. The predicted octanol–water partition coefficient (Wildman–Crippen LogP) is 16.5. The van der Waals surface area contributed by atoms with Crippen LogP contribution in [0, 0.1) is 0 Å². The van der Waals surface area contributed by atoms with Gasteiger partial charge in [-0.25, -0.2) is 0 Å². The number of rotatable bonds is 10. The first-order valence-electron chi connectivity index (χ1n) is 22.8. The van der Waals surface area contributed by atoms with Crippen LogP contribution in [0.3, 0.4) is 0 Å². The standard InChI is InChI=1S/C62H51N/c1-3-61(4-2)57-42-44(36-38-46-24-21-34-56-60(46)54-32-17-19-33-55(54)62(56,47-25-11-6-12-26-47)48-27-13-7-14-28-48)37-40-52(57)53-41-39-50(43-58(53)61)63(49-29-15-8-16-30-49)59-35-20-18-31-51(59)45-22-9-5-10-23-45/h6-9,11-43H,3-5,10H2,1-2H3/b38-36+. The minimum atomic E-state index is -0.416. The Morgan fingerprint density at radius 2 is 1.10 bits per heavy atom. The molecular weight excluding hydrogens is 759 g/mol. The summed E-state index contributed by atoms with van der Waals surface area (Å²) in [7, 11) is 0. The lowest BCUT2D eigenvalue weighted by Crippen LogP contribution is -2.28. The second kappa shape index (κ2) is 15.9. The molecule has 0 atom stereocenters. The molecule has 0 saturated heterocycles. The molecule has 0 saturated carbocycles. The van der Waals surface area contributed by atoms with Crippen LogP contribution in [-0.2, 0) is 10.8 Å². The summed E-state index contributed by atoms with van der Waals surface area (Å²) in [6.07, 6.45) is 15.9. The average molecular weight is 810 g/mol. The largest absolute Gasteiger partial charge is 0.310 e. The monoisotopic (exact) mass is 809 g/mol. The first-order chi connectivity index (χ1) is 31.2. The van der Waals surface area contributed by atoms with Crippen molar-refractivity contribution in [1.82, 2.24) is 0 Å². The number of benzene rings is 8. The van der Waals surface area contributed by atoms with E-state index in [4.69, 9.17) is 0 Å². The quantitative estimate of drug-likeness (QED) is 0.124. The van der Waals surface area contributed by atoms with Crippen molar-refractivity contribution in [1.29, 1.82) is 0 Å². The molecule has 8 aromatic rings. The van der Waals surface area contributed by atoms with E-state index in [0.717, 1.165) is 31.4 Å². The Labute approximate surface area is 373 Å². The van der Waals surface area contributed by atoms with Gasteiger partial charge in [0.25, 0.3) is 0 Å². The third-order valence-corrected chi connectivity index (χ3v) is 14.3. The number of hydrogen-bond donors (Lipinski definition) is 0. The summed E-state index contributed by atoms with van der Waals surface area (Å²) in [6.45, 7) is 4.75. The highest BCUT2D eigenvalue weighted by Crippen LogP contribution is 2.58. The molecule has 0 unspecified atom stereocenters. The Bertz CT molecular complexity index is 3030. The van der Waals surface area contributed by atoms with E-state index in [0.29, 0.717) is 0 Å². The van der Waals surface area contributed by atoms with Crippen LogP contribution < -0.4 is 4.90 Å². The normalized spacial score (nSPS) is 15.0. The van der Waals surface area contributed by atoms with Gasteiger partial charge in [0.2, 0.25) is 0 Å². The molecule has 0 heterocycles. The van der Waals surface area contributed by atoms with Crippen molar-refractivity contribution >= 4 is 34.8 Å². The van der Waals surface area contributed by atoms with Gasteiger partial charge in [-0.15, -0.1) is 0 Å². The lowest BCUT2D eigenvalue weighted by molar-refractivity contribution is 0.490. The third kappa shape index (κ3) is 6.13. The molecule has 63 heavy (non-hydrogen) atoms. The summed E-state index contributed by atoms with van der Waals surface area (Å²) >= 11 is 0. The fraction of sp³-hybridized carbons (Fsp3) is 0.129. The molecule has 0 aromatic heterocycles. The SMILES string of the molecule is CCC1(CC)c2cc(/C=C/c3cccc4c3-c3ccccc3C4(c3ccccc3)c3ccccc3)ccc2-c2ccc(N(c3ccccc3)c3ccccc3C3=CCCC=C3)cc21. The highest BCUT2D eigenvalue weighted by Gasteiger charge is 2.46. The number of anilines is 3. The van der Waals surface area contributed by atoms with E-state index in [1.807, 2.05) is 0 Å². The van der Waals surface area contributed by atoms with E-state index in [1.165, 1.54) is 89.3 Å². The highest BCUT2D eigenvalue weighted by molar-refractivity contribution is 5.94. The Kier molecular flexibility index (Phi) is 9.77. The Balaban J connectivity index is 1.01. The summed E-state index contributed by atoms with van der Waals surface area (Å²) in [5, 5.41) is 0. The van der Waals surface area contributed by atoms with Crippen molar-refractivity contribution in [3.63, 3.8) is 0 Å². The maximum atomic E-state index is 2.50. The summed E-state index contributed by atoms with van der Waals surface area (Å²) in [4.78, 5) is 2.47. The van der Waals surface area contributed by atoms with Gasteiger partial charge < -0.3 is 4.90 Å². The number of allylic oxidation sites excluding steroid dienone is 4. The van der Waals surface area contributed by atoms with Crippen LogP contribution in [0.2, 0.25) is 0 Å². The molecule has 3 aliphatic rings. The minimum Gasteiger partial charge on any atom is -0.310 e. The van der Waals surface area contributed by atoms with Gasteiger partial charge in [0.15, 0.2) is 0 Å². The Morgan fingerprint density at radius 3 is 1.79 bits per heavy atom. The molecule has 0 spiro atoms. The van der Waals surface area contributed by atoms with Crippen LogP contribution in [-0.4, -0.2) is 0 Å². The van der Waals surface area contributed by atoms with E-state index >= 15 is 0 Å². The van der Waals surface area contributed by atoms with Crippen molar-refractivity contribution in [3.05, 3.63) is 262 Å². The molecule has 11 rings (SSSR count). The van der Waals surface area contributed by atoms with Gasteiger partial charge in [0, 0.05) is 22.4 Å². The summed E-state index contributed by atoms with van der Waals surface area (Å²) in [5.74, 6) is 0. The van der Waals surface area contributed by atoms with Crippen LogP contribution in [0.5, 0.6) is 0 Å². The van der Waals surface area contributed by atoms with E-state index in [9.17, 15) is 0 Å². The topological polar surface area (TPSA) is 3.24 Å². The molecule has 3 aliphatic carbocycles. The van der Waals surface area contributed by atoms with Crippen LogP contribution in [0.15, 0.2) is 212 Å². The van der Waals surface area contributed by atoms with Gasteiger partial charge >= 0.3 is 0 Å². The number of nitrogens with zero attached hydrogens (tertiary/aromatic N) is 1. The Hall–Kier alpha value is -7.22. The van der Waals surface area contributed by atoms with Crippen molar-refractivity contribution in [2.24, 2.45) is 0 Å². The highest BCUT2D eigenvalue weighted by atomic mass is 15.1. The lowest BCUT2D eigenvalue weighted by Gasteiger charge is -2.33. The lowest BCUT2D eigenvalue weighted by atomic mass is 9.67. The van der Waals surface area contributed by atoms with Gasteiger partial charge in [0.05, 0.1) is 11.1 Å². The Morgan fingerprint density at radius 1 is 0.476 bits per heavy atom. The number of fused-ring (bicyclic) bond motifs is 6. The zero-order valence-corrected chi connectivity index (χ0v) is 36.1. The van der Waals surface area contributed by atoms with Crippen LogP contribution in [0.4, 0.5) is 17.1 Å². The smallest absolute Gasteiger partial charge is 0.0713 e. The van der Waals surface area contributed by atoms with Crippen LogP contribution >= 0.6 is 0 Å². The first-order valence-corrected chi connectivity index (χ1v) is 22.8.